The van der Waals surface area contributed by atoms with Crippen molar-refractivity contribution in [2.24, 2.45) is 5.73 Å². The number of fused-ring (bicyclic) bond motifs is 4. The number of aromatic nitrogens is 6. The van der Waals surface area contributed by atoms with Crippen LogP contribution in [0.3, 0.4) is 0 Å². The molecule has 3 aromatic heterocycles. The fraction of sp³-hybridized carbons (Fsp3) is 0.467. The van der Waals surface area contributed by atoms with Gasteiger partial charge in [-0.1, -0.05) is 24.3 Å². The Morgan fingerprint density at radius 1 is 0.875 bits per heavy atom. The first-order chi connectivity index (χ1) is 34.1. The van der Waals surface area contributed by atoms with Crippen LogP contribution in [-0.2, 0) is 30.2 Å². The van der Waals surface area contributed by atoms with Gasteiger partial charge in [-0.15, -0.1) is 0 Å². The zero-order valence-corrected chi connectivity index (χ0v) is 39.1. The summed E-state index contributed by atoms with van der Waals surface area (Å²) in [7, 11) is 0. The van der Waals surface area contributed by atoms with Gasteiger partial charge in [0.15, 0.2) is 41.3 Å². The first kappa shape index (κ1) is 52.2. The number of ketones is 3. The second kappa shape index (κ2) is 20.4. The van der Waals surface area contributed by atoms with Crippen molar-refractivity contribution in [3.05, 3.63) is 92.0 Å². The Morgan fingerprint density at radius 2 is 1.53 bits per heavy atom. The molecule has 3 fully saturated rings. The maximum Gasteiger partial charge on any atom is 0.351 e. The molecule has 0 spiro atoms. The molecular weight excluding hydrogens is 974 g/mol. The van der Waals surface area contributed by atoms with Gasteiger partial charge in [0.25, 0.3) is 0 Å². The van der Waals surface area contributed by atoms with Crippen molar-refractivity contribution in [2.75, 3.05) is 24.7 Å². The number of benzene rings is 2. The highest BCUT2D eigenvalue weighted by atomic mass is 35.5. The standard InChI is InChI=1S/C26H27NO9.C10H12ClN5O3.C9H13N3O5/c1-10-21(29)15(27)7-17(35-10)36-16-9-26(34,11(2)28)8-14-18(16)25(33)20-19(24(14)32)22(30)12-5-3-4-6-13(12)23(20)31;11-10-14-8(12)7-9(15-10)16(3-13-7)6-1-4(18)5(2-17)19-6;10-5-1-2-12(9(16)11-5)8-7(15)6(14)4(3-13)17-8/h3-6,10,15-17,21,29,32-34H,7-9,27H2,1-2H3;3-6,17-18H,1-2H2,(H2,12,14,15);1-2,4,6-8,13-15H,3H2,(H2,10,11,16)/t10-,15-,16-,17-,21+,26-;4-,5+,6+;4-,6-,7+,8-/m001/s1. The SMILES string of the molecule is CC(=O)[C@]1(O)Cc2c(O)c3c(c(O)c2[C@@H](O[C@H]2C[C@H](N)[C@H](O)[C@H](C)O2)C1)C(=O)c1ccccc1C3=O.Nc1ccn([C@@H]2O[C@H](CO)[C@@H](O)[C@@H]2O)c(=O)n1.Nc1nc(Cl)nc2c1ncn2[C@H]1C[C@H](O)[C@@H](CO)O1. The normalized spacial score (nSPS) is 30.7. The van der Waals surface area contributed by atoms with Crippen LogP contribution in [0, 0.1) is 0 Å². The minimum Gasteiger partial charge on any atom is -0.507 e. The van der Waals surface area contributed by atoms with E-state index in [0.717, 1.165) is 4.57 Å². The number of ether oxygens (including phenoxy) is 4. The predicted octanol–water partition coefficient (Wildman–Crippen LogP) is -1.84. The van der Waals surface area contributed by atoms with Gasteiger partial charge >= 0.3 is 5.69 Å². The summed E-state index contributed by atoms with van der Waals surface area (Å²) >= 11 is 5.77. The van der Waals surface area contributed by atoms with E-state index in [4.69, 9.17) is 58.0 Å². The van der Waals surface area contributed by atoms with E-state index in [9.17, 15) is 54.9 Å². The van der Waals surface area contributed by atoms with Crippen molar-refractivity contribution < 1.29 is 79.3 Å². The number of aliphatic hydroxyl groups is 7. The Kier molecular flexibility index (Phi) is 14.8. The molecule has 0 saturated carbocycles. The first-order valence-electron chi connectivity index (χ1n) is 22.4. The Balaban J connectivity index is 0.000000161. The Morgan fingerprint density at radius 3 is 2.11 bits per heavy atom. The van der Waals surface area contributed by atoms with Gasteiger partial charge in [0.05, 0.1) is 55.1 Å². The van der Waals surface area contributed by atoms with Crippen LogP contribution < -0.4 is 22.9 Å². The number of rotatable bonds is 7. The molecule has 5 aromatic rings. The van der Waals surface area contributed by atoms with E-state index in [2.05, 4.69) is 19.9 Å². The van der Waals surface area contributed by atoms with Gasteiger partial charge in [-0.05, 0) is 31.5 Å². The van der Waals surface area contributed by atoms with E-state index in [-0.39, 0.29) is 69.7 Å². The molecule has 2 aromatic carbocycles. The second-order valence-electron chi connectivity index (χ2n) is 17.9. The smallest absolute Gasteiger partial charge is 0.351 e. The maximum absolute atomic E-state index is 13.3. The summed E-state index contributed by atoms with van der Waals surface area (Å²) in [5.41, 5.74) is 14.6. The molecule has 26 nitrogen and oxygen atoms in total. The van der Waals surface area contributed by atoms with E-state index < -0.39 is 127 Å². The number of halogens is 1. The number of anilines is 2. The van der Waals surface area contributed by atoms with Crippen LogP contribution in [0.2, 0.25) is 5.28 Å². The van der Waals surface area contributed by atoms with Gasteiger partial charge in [0.2, 0.25) is 5.28 Å². The number of nitrogens with zero attached hydrogens (tertiary/aromatic N) is 6. The lowest BCUT2D eigenvalue weighted by Crippen LogP contribution is -2.52. The third kappa shape index (κ3) is 9.52. The summed E-state index contributed by atoms with van der Waals surface area (Å²) in [6.45, 7) is 2.10. The Hall–Kier alpha value is -6.11. The molecule has 3 aliphatic heterocycles. The minimum absolute atomic E-state index is 0.00588. The number of imidazole rings is 1. The number of hydrogen-bond donors (Lipinski definition) is 12. The molecule has 5 aliphatic rings. The number of Topliss-reactive ketones (excluding diaryl/α,β-unsaturated/α-hetero) is 1. The highest BCUT2D eigenvalue weighted by Gasteiger charge is 2.49. The number of hydrogen-bond acceptors (Lipinski definition) is 24. The molecule has 27 heteroatoms. The van der Waals surface area contributed by atoms with E-state index >= 15 is 0 Å². The first-order valence-corrected chi connectivity index (χ1v) is 22.8. The topological polar surface area (TPSA) is 427 Å². The molecule has 10 rings (SSSR count). The number of carbonyl (C=O) groups is 3. The molecule has 3 saturated heterocycles. The van der Waals surface area contributed by atoms with Crippen LogP contribution in [0.1, 0.15) is 94.6 Å². The number of carbonyl (C=O) groups excluding carboxylic acids is 3. The molecule has 6 heterocycles. The van der Waals surface area contributed by atoms with Crippen molar-refractivity contribution >= 4 is 51.8 Å². The van der Waals surface area contributed by atoms with E-state index in [0.29, 0.717) is 17.6 Å². The van der Waals surface area contributed by atoms with E-state index in [1.54, 1.807) is 23.6 Å². The number of nitrogens with two attached hydrogens (primary N) is 3. The zero-order chi connectivity index (χ0) is 52.2. The highest BCUT2D eigenvalue weighted by Crippen LogP contribution is 2.52. The van der Waals surface area contributed by atoms with Crippen LogP contribution in [-0.4, -0.2) is 166 Å². The van der Waals surface area contributed by atoms with E-state index in [1.165, 1.54) is 37.6 Å². The fourth-order valence-electron chi connectivity index (χ4n) is 9.32. The number of nitrogen functional groups attached to an aromatic ring is 2. The lowest BCUT2D eigenvalue weighted by atomic mass is 9.72. The van der Waals surface area contributed by atoms with Gasteiger partial charge in [0, 0.05) is 60.2 Å². The van der Waals surface area contributed by atoms with Gasteiger partial charge in [-0.2, -0.15) is 15.0 Å². The van der Waals surface area contributed by atoms with Crippen molar-refractivity contribution in [2.45, 2.75) is 119 Å². The van der Waals surface area contributed by atoms with Crippen LogP contribution in [0.15, 0.2) is 47.7 Å². The van der Waals surface area contributed by atoms with Gasteiger partial charge in [0.1, 0.15) is 59.1 Å². The summed E-state index contributed by atoms with van der Waals surface area (Å²) in [4.78, 5) is 66.0. The van der Waals surface area contributed by atoms with Gasteiger partial charge in [-0.25, -0.2) is 9.78 Å². The molecule has 13 atom stereocenters. The molecule has 0 bridgehead atoms. The lowest BCUT2D eigenvalue weighted by Gasteiger charge is -2.42. The molecular formula is C45H52ClN9O17. The monoisotopic (exact) mass is 1030 g/mol. The molecule has 386 valence electrons. The Bertz CT molecular complexity index is 2970. The summed E-state index contributed by atoms with van der Waals surface area (Å²) in [5, 5.41) is 90.8. The summed E-state index contributed by atoms with van der Waals surface area (Å²) in [6, 6.07) is 6.77. The van der Waals surface area contributed by atoms with Crippen molar-refractivity contribution in [3.63, 3.8) is 0 Å². The van der Waals surface area contributed by atoms with Crippen molar-refractivity contribution in [1.82, 2.24) is 29.1 Å². The van der Waals surface area contributed by atoms with Crippen LogP contribution in [0.5, 0.6) is 11.5 Å². The van der Waals surface area contributed by atoms with Crippen molar-refractivity contribution in [3.8, 4) is 11.5 Å². The largest absolute Gasteiger partial charge is 0.507 e. The summed E-state index contributed by atoms with van der Waals surface area (Å²) in [5.74, 6) is -2.82. The predicted molar refractivity (Wildman–Crippen MR) is 246 cm³/mol. The maximum atomic E-state index is 13.3. The molecule has 72 heavy (non-hydrogen) atoms. The average molecular weight is 1030 g/mol. The number of phenols is 2. The Labute approximate surface area is 411 Å². The molecule has 0 amide bonds. The van der Waals surface area contributed by atoms with Crippen LogP contribution in [0.4, 0.5) is 11.6 Å². The van der Waals surface area contributed by atoms with Gasteiger partial charge < -0.3 is 82.1 Å². The zero-order valence-electron chi connectivity index (χ0n) is 38.3. The van der Waals surface area contributed by atoms with E-state index in [1.807, 2.05) is 0 Å². The van der Waals surface area contributed by atoms with Crippen LogP contribution in [0.25, 0.3) is 11.2 Å². The highest BCUT2D eigenvalue weighted by molar-refractivity contribution is 6.30. The van der Waals surface area contributed by atoms with Gasteiger partial charge in [-0.3, -0.25) is 23.5 Å². The lowest BCUT2D eigenvalue weighted by molar-refractivity contribution is -0.247. The summed E-state index contributed by atoms with van der Waals surface area (Å²) in [6.07, 6.45) is -7.63. The second-order valence-corrected chi connectivity index (χ2v) is 18.2. The summed E-state index contributed by atoms with van der Waals surface area (Å²) < 4.78 is 25.1. The molecule has 15 N–H and O–H groups in total. The fourth-order valence-corrected chi connectivity index (χ4v) is 9.50. The minimum atomic E-state index is -1.97. The molecule has 2 aliphatic carbocycles. The quantitative estimate of drug-likeness (QED) is 0.0617. The number of aliphatic hydroxyl groups excluding tert-OH is 6. The third-order valence-corrected chi connectivity index (χ3v) is 13.4. The average Bonchev–Trinajstić information content (AvgIpc) is 4.02. The molecule has 0 unspecified atom stereocenters. The molecule has 0 radical (unpaired) electrons. The third-order valence-electron chi connectivity index (χ3n) is 13.3. The number of phenolic OH excluding ortho intramolecular Hbond substituents is 2. The van der Waals surface area contributed by atoms with Crippen molar-refractivity contribution in [1.29, 1.82) is 0 Å². The number of aromatic hydroxyl groups is 2. The van der Waals surface area contributed by atoms with Crippen LogP contribution >= 0.6 is 11.6 Å².